The van der Waals surface area contributed by atoms with E-state index >= 15 is 0 Å². The van der Waals surface area contributed by atoms with Crippen LogP contribution in [0.2, 0.25) is 5.02 Å². The van der Waals surface area contributed by atoms with Crippen molar-refractivity contribution in [1.82, 2.24) is 29.2 Å². The van der Waals surface area contributed by atoms with Crippen LogP contribution in [0.15, 0.2) is 65.8 Å². The number of rotatable bonds is 4. The summed E-state index contributed by atoms with van der Waals surface area (Å²) in [6.45, 7) is 6.08. The number of benzene rings is 2. The van der Waals surface area contributed by atoms with E-state index in [0.29, 0.717) is 33.5 Å². The molecule has 1 aliphatic rings. The molecule has 2 aromatic carbocycles. The normalized spacial score (nSPS) is 14.1. The average Bonchev–Trinajstić information content (AvgIpc) is 3.36. The van der Waals surface area contributed by atoms with Gasteiger partial charge in [0.1, 0.15) is 5.39 Å². The first-order valence-electron chi connectivity index (χ1n) is 11.4. The molecule has 0 unspecified atom stereocenters. The molecule has 1 saturated heterocycles. The average molecular weight is 487 g/mol. The SMILES string of the molecule is Cc1cc(Nc2ncc3c(=O)n(-c4ccccc4Cl)c4nccn4c3n2)ccc1N1CCNCC1. The standard InChI is InChI=1S/C25H23ClN8O/c1-16-14-17(6-7-20(16)32-11-8-27-9-12-32)30-24-29-15-18-22(31-24)33-13-10-28-25(33)34(23(18)35)21-5-3-2-4-19(21)26/h2-7,10,13-15,27H,8-9,11-12H2,1H3,(H,29,30,31). The number of hydrogen-bond acceptors (Lipinski definition) is 7. The fourth-order valence-corrected chi connectivity index (χ4v) is 4.80. The van der Waals surface area contributed by atoms with Crippen LogP contribution in [0.5, 0.6) is 0 Å². The monoisotopic (exact) mass is 486 g/mol. The molecule has 5 aromatic rings. The van der Waals surface area contributed by atoms with Crippen molar-refractivity contribution in [3.8, 4) is 5.69 Å². The Morgan fingerprint density at radius 3 is 2.69 bits per heavy atom. The van der Waals surface area contributed by atoms with Crippen molar-refractivity contribution >= 4 is 45.7 Å². The number of piperazine rings is 1. The van der Waals surface area contributed by atoms with E-state index < -0.39 is 0 Å². The third-order valence-corrected chi connectivity index (χ3v) is 6.58. The number of halogens is 1. The number of hydrogen-bond donors (Lipinski definition) is 2. The van der Waals surface area contributed by atoms with Gasteiger partial charge in [-0.2, -0.15) is 4.98 Å². The zero-order valence-corrected chi connectivity index (χ0v) is 19.8. The molecule has 0 aliphatic carbocycles. The van der Waals surface area contributed by atoms with Gasteiger partial charge in [-0.15, -0.1) is 0 Å². The number of nitrogens with one attached hydrogen (secondary N) is 2. The Hall–Kier alpha value is -3.95. The first-order valence-corrected chi connectivity index (χ1v) is 11.8. The summed E-state index contributed by atoms with van der Waals surface area (Å²) in [5.74, 6) is 0.827. The highest BCUT2D eigenvalue weighted by Crippen LogP contribution is 2.26. The number of imidazole rings is 1. The van der Waals surface area contributed by atoms with Crippen LogP contribution < -0.4 is 21.1 Å². The second kappa shape index (κ2) is 8.68. The van der Waals surface area contributed by atoms with Crippen LogP contribution >= 0.6 is 11.6 Å². The van der Waals surface area contributed by atoms with Gasteiger partial charge in [-0.25, -0.2) is 14.5 Å². The predicted octanol–water partition coefficient (Wildman–Crippen LogP) is 3.54. The van der Waals surface area contributed by atoms with E-state index in [1.165, 1.54) is 15.8 Å². The van der Waals surface area contributed by atoms with E-state index in [1.807, 2.05) is 18.2 Å². The zero-order valence-electron chi connectivity index (χ0n) is 19.1. The summed E-state index contributed by atoms with van der Waals surface area (Å²) >= 11 is 6.39. The topological polar surface area (TPSA) is 92.4 Å². The van der Waals surface area contributed by atoms with Crippen LogP contribution in [0.4, 0.5) is 17.3 Å². The Balaban J connectivity index is 1.40. The Kier molecular flexibility index (Phi) is 5.35. The third kappa shape index (κ3) is 3.78. The molecule has 9 nitrogen and oxygen atoms in total. The summed E-state index contributed by atoms with van der Waals surface area (Å²) < 4.78 is 3.25. The van der Waals surface area contributed by atoms with Crippen LogP contribution in [-0.2, 0) is 0 Å². The van der Waals surface area contributed by atoms with Gasteiger partial charge in [0, 0.05) is 56.1 Å². The lowest BCUT2D eigenvalue weighted by atomic mass is 10.1. The minimum atomic E-state index is -0.283. The van der Waals surface area contributed by atoms with Gasteiger partial charge in [0.2, 0.25) is 11.7 Å². The van der Waals surface area contributed by atoms with E-state index in [1.54, 1.807) is 35.1 Å². The lowest BCUT2D eigenvalue weighted by molar-refractivity contribution is 0.588. The fraction of sp³-hybridized carbons (Fsp3) is 0.200. The number of nitrogens with zero attached hydrogens (tertiary/aromatic N) is 6. The molecule has 10 heteroatoms. The highest BCUT2D eigenvalue weighted by molar-refractivity contribution is 6.32. The van der Waals surface area contributed by atoms with Crippen molar-refractivity contribution < 1.29 is 0 Å². The number of aryl methyl sites for hydroxylation is 1. The molecule has 4 heterocycles. The summed E-state index contributed by atoms with van der Waals surface area (Å²) in [5, 5.41) is 7.49. The summed E-state index contributed by atoms with van der Waals surface area (Å²) in [6, 6.07) is 13.4. The Bertz CT molecular complexity index is 1620. The Labute approximate surface area is 206 Å². The van der Waals surface area contributed by atoms with E-state index in [2.05, 4.69) is 49.5 Å². The molecule has 35 heavy (non-hydrogen) atoms. The molecule has 0 bridgehead atoms. The maximum absolute atomic E-state index is 13.4. The van der Waals surface area contributed by atoms with Crippen LogP contribution in [0, 0.1) is 6.92 Å². The summed E-state index contributed by atoms with van der Waals surface area (Å²) in [7, 11) is 0. The van der Waals surface area contributed by atoms with Gasteiger partial charge in [-0.1, -0.05) is 23.7 Å². The van der Waals surface area contributed by atoms with Crippen LogP contribution in [0.25, 0.3) is 22.5 Å². The second-order valence-corrected chi connectivity index (χ2v) is 8.89. The minimum Gasteiger partial charge on any atom is -0.369 e. The molecule has 3 aromatic heterocycles. The largest absolute Gasteiger partial charge is 0.369 e. The third-order valence-electron chi connectivity index (χ3n) is 6.26. The molecule has 0 saturated carbocycles. The second-order valence-electron chi connectivity index (χ2n) is 8.48. The maximum atomic E-state index is 13.4. The van der Waals surface area contributed by atoms with Gasteiger partial charge in [0.25, 0.3) is 5.56 Å². The molecule has 2 N–H and O–H groups in total. The molecule has 0 amide bonds. The van der Waals surface area contributed by atoms with E-state index in [9.17, 15) is 4.79 Å². The van der Waals surface area contributed by atoms with Crippen LogP contribution in [-0.4, -0.2) is 50.1 Å². The van der Waals surface area contributed by atoms with Gasteiger partial charge < -0.3 is 15.5 Å². The first-order chi connectivity index (χ1) is 17.1. The van der Waals surface area contributed by atoms with E-state index in [4.69, 9.17) is 11.6 Å². The van der Waals surface area contributed by atoms with Gasteiger partial charge in [0.05, 0.1) is 10.7 Å². The van der Waals surface area contributed by atoms with Crippen LogP contribution in [0.3, 0.4) is 0 Å². The van der Waals surface area contributed by atoms with Gasteiger partial charge in [0.15, 0.2) is 5.65 Å². The summed E-state index contributed by atoms with van der Waals surface area (Å²) in [4.78, 5) is 29.3. The van der Waals surface area contributed by atoms with Crippen molar-refractivity contribution in [3.63, 3.8) is 0 Å². The zero-order chi connectivity index (χ0) is 23.9. The lowest BCUT2D eigenvalue weighted by Crippen LogP contribution is -2.43. The van der Waals surface area contributed by atoms with Crippen molar-refractivity contribution in [3.05, 3.63) is 82.0 Å². The number of para-hydroxylation sites is 1. The van der Waals surface area contributed by atoms with Gasteiger partial charge in [-0.05, 0) is 42.8 Å². The predicted molar refractivity (Wildman–Crippen MR) is 138 cm³/mol. The molecule has 0 atom stereocenters. The molecule has 176 valence electrons. The maximum Gasteiger partial charge on any atom is 0.270 e. The van der Waals surface area contributed by atoms with Crippen molar-refractivity contribution in [1.29, 1.82) is 0 Å². The quantitative estimate of drug-likeness (QED) is 0.401. The lowest BCUT2D eigenvalue weighted by Gasteiger charge is -2.30. The molecule has 0 radical (unpaired) electrons. The Morgan fingerprint density at radius 2 is 1.89 bits per heavy atom. The summed E-state index contributed by atoms with van der Waals surface area (Å²) in [6.07, 6.45) is 4.95. The minimum absolute atomic E-state index is 0.283. The molecule has 1 fully saturated rings. The highest BCUT2D eigenvalue weighted by Gasteiger charge is 2.17. The van der Waals surface area contributed by atoms with Gasteiger partial charge in [-0.3, -0.25) is 9.20 Å². The summed E-state index contributed by atoms with van der Waals surface area (Å²) in [5.41, 5.74) is 4.03. The fourth-order valence-electron chi connectivity index (χ4n) is 4.58. The molecular formula is C25H23ClN8O. The van der Waals surface area contributed by atoms with E-state index in [-0.39, 0.29) is 5.56 Å². The number of anilines is 3. The molecule has 1 aliphatic heterocycles. The van der Waals surface area contributed by atoms with Gasteiger partial charge >= 0.3 is 0 Å². The smallest absolute Gasteiger partial charge is 0.270 e. The number of fused-ring (bicyclic) bond motifs is 3. The molecule has 6 rings (SSSR count). The molecule has 0 spiro atoms. The highest BCUT2D eigenvalue weighted by atomic mass is 35.5. The van der Waals surface area contributed by atoms with Crippen molar-refractivity contribution in [2.75, 3.05) is 36.4 Å². The van der Waals surface area contributed by atoms with E-state index in [0.717, 1.165) is 31.9 Å². The van der Waals surface area contributed by atoms with Crippen molar-refractivity contribution in [2.24, 2.45) is 0 Å². The molecular weight excluding hydrogens is 464 g/mol. The Morgan fingerprint density at radius 1 is 1.06 bits per heavy atom. The van der Waals surface area contributed by atoms with Crippen LogP contribution in [0.1, 0.15) is 5.56 Å². The number of aromatic nitrogens is 5. The first kappa shape index (κ1) is 21.6. The van der Waals surface area contributed by atoms with Crippen molar-refractivity contribution in [2.45, 2.75) is 6.92 Å².